The van der Waals surface area contributed by atoms with Crippen molar-refractivity contribution in [1.29, 1.82) is 0 Å². The fraction of sp³-hybridized carbons (Fsp3) is 0.909. The van der Waals surface area contributed by atoms with Crippen molar-refractivity contribution in [3.05, 3.63) is 0 Å². The molecule has 0 heterocycles. The molecule has 3 N–H and O–H groups in total. The lowest BCUT2D eigenvalue weighted by atomic mass is 9.85. The summed E-state index contributed by atoms with van der Waals surface area (Å²) in [5, 5.41) is 3.48. The zero-order valence-corrected chi connectivity index (χ0v) is 9.50. The molecule has 0 aromatic rings. The maximum atomic E-state index is 10.9. The molecule has 1 fully saturated rings. The van der Waals surface area contributed by atoms with Crippen LogP contribution in [-0.2, 0) is 9.53 Å². The molecular formula is C11H22N2O2. The second-order valence-corrected chi connectivity index (χ2v) is 4.25. The van der Waals surface area contributed by atoms with Crippen molar-refractivity contribution in [1.82, 2.24) is 5.32 Å². The Hall–Kier alpha value is -0.610. The number of amides is 1. The second-order valence-electron chi connectivity index (χ2n) is 4.25. The number of carbonyl (C=O) groups is 1. The summed E-state index contributed by atoms with van der Waals surface area (Å²) in [5.41, 5.74) is 5.28. The van der Waals surface area contributed by atoms with Crippen LogP contribution in [0.2, 0.25) is 0 Å². The van der Waals surface area contributed by atoms with Crippen LogP contribution in [0, 0.1) is 5.92 Å². The third-order valence-electron chi connectivity index (χ3n) is 3.09. The van der Waals surface area contributed by atoms with Crippen LogP contribution in [0.15, 0.2) is 0 Å². The Bertz CT molecular complexity index is 189. The zero-order chi connectivity index (χ0) is 11.1. The van der Waals surface area contributed by atoms with Gasteiger partial charge in [0.25, 0.3) is 0 Å². The van der Waals surface area contributed by atoms with Crippen LogP contribution >= 0.6 is 0 Å². The number of nitrogens with one attached hydrogen (secondary N) is 1. The fourth-order valence-corrected chi connectivity index (χ4v) is 2.10. The van der Waals surface area contributed by atoms with Gasteiger partial charge in [0.15, 0.2) is 0 Å². The molecule has 1 saturated carbocycles. The number of primary amides is 1. The van der Waals surface area contributed by atoms with E-state index >= 15 is 0 Å². The Morgan fingerprint density at radius 1 is 1.40 bits per heavy atom. The third kappa shape index (κ3) is 4.62. The third-order valence-corrected chi connectivity index (χ3v) is 3.09. The molecule has 15 heavy (non-hydrogen) atoms. The average Bonchev–Trinajstić information content (AvgIpc) is 2.25. The van der Waals surface area contributed by atoms with Gasteiger partial charge in [-0.05, 0) is 38.6 Å². The smallest absolute Gasteiger partial charge is 0.220 e. The van der Waals surface area contributed by atoms with Crippen molar-refractivity contribution in [3.8, 4) is 0 Å². The fourth-order valence-electron chi connectivity index (χ4n) is 2.10. The summed E-state index contributed by atoms with van der Waals surface area (Å²) in [6.07, 6.45) is 5.07. The van der Waals surface area contributed by atoms with E-state index in [9.17, 15) is 4.79 Å². The molecule has 1 aliphatic carbocycles. The molecule has 4 heteroatoms. The quantitative estimate of drug-likeness (QED) is 0.638. The molecule has 0 radical (unpaired) electrons. The highest BCUT2D eigenvalue weighted by Crippen LogP contribution is 2.23. The van der Waals surface area contributed by atoms with Crippen molar-refractivity contribution < 1.29 is 9.53 Å². The molecule has 0 unspecified atom stereocenters. The van der Waals surface area contributed by atoms with Crippen LogP contribution in [-0.4, -0.2) is 32.2 Å². The molecule has 0 aromatic carbocycles. The Morgan fingerprint density at radius 3 is 2.60 bits per heavy atom. The average molecular weight is 214 g/mol. The first-order valence-electron chi connectivity index (χ1n) is 5.75. The SMILES string of the molecule is COCCCNC1CCC(C(N)=O)CC1. The number of nitrogens with two attached hydrogens (primary N) is 1. The summed E-state index contributed by atoms with van der Waals surface area (Å²) in [6, 6.07) is 0.567. The van der Waals surface area contributed by atoms with Gasteiger partial charge in [0, 0.05) is 25.7 Å². The highest BCUT2D eigenvalue weighted by atomic mass is 16.5. The highest BCUT2D eigenvalue weighted by molar-refractivity contribution is 5.76. The molecule has 0 aromatic heterocycles. The number of hydrogen-bond acceptors (Lipinski definition) is 3. The van der Waals surface area contributed by atoms with Crippen LogP contribution in [0.4, 0.5) is 0 Å². The molecule has 4 nitrogen and oxygen atoms in total. The largest absolute Gasteiger partial charge is 0.385 e. The van der Waals surface area contributed by atoms with Crippen molar-refractivity contribution in [2.24, 2.45) is 11.7 Å². The van der Waals surface area contributed by atoms with Gasteiger partial charge in [-0.15, -0.1) is 0 Å². The van der Waals surface area contributed by atoms with Gasteiger partial charge in [-0.1, -0.05) is 0 Å². The normalized spacial score (nSPS) is 26.5. The van der Waals surface area contributed by atoms with E-state index in [1.54, 1.807) is 7.11 Å². The molecular weight excluding hydrogens is 192 g/mol. The number of hydrogen-bond donors (Lipinski definition) is 2. The van der Waals surface area contributed by atoms with Crippen molar-refractivity contribution in [3.63, 3.8) is 0 Å². The van der Waals surface area contributed by atoms with Crippen molar-refractivity contribution in [2.45, 2.75) is 38.1 Å². The van der Waals surface area contributed by atoms with E-state index in [1.807, 2.05) is 0 Å². The molecule has 0 saturated heterocycles. The first-order chi connectivity index (χ1) is 7.24. The Labute approximate surface area is 91.5 Å². The van der Waals surface area contributed by atoms with E-state index in [0.29, 0.717) is 6.04 Å². The molecule has 0 aliphatic heterocycles. The summed E-state index contributed by atoms with van der Waals surface area (Å²) >= 11 is 0. The van der Waals surface area contributed by atoms with Gasteiger partial charge in [0.05, 0.1) is 0 Å². The van der Waals surface area contributed by atoms with E-state index < -0.39 is 0 Å². The monoisotopic (exact) mass is 214 g/mol. The standard InChI is InChI=1S/C11H22N2O2/c1-15-8-2-7-13-10-5-3-9(4-6-10)11(12)14/h9-10,13H,2-8H2,1H3,(H2,12,14). The maximum Gasteiger partial charge on any atom is 0.220 e. The van der Waals surface area contributed by atoms with Crippen LogP contribution in [0.3, 0.4) is 0 Å². The van der Waals surface area contributed by atoms with E-state index in [4.69, 9.17) is 10.5 Å². The lowest BCUT2D eigenvalue weighted by Crippen LogP contribution is -2.37. The minimum Gasteiger partial charge on any atom is -0.385 e. The van der Waals surface area contributed by atoms with E-state index in [1.165, 1.54) is 0 Å². The van der Waals surface area contributed by atoms with Crippen molar-refractivity contribution >= 4 is 5.91 Å². The number of ether oxygens (including phenoxy) is 1. The zero-order valence-electron chi connectivity index (χ0n) is 9.50. The van der Waals surface area contributed by atoms with Crippen LogP contribution in [0.1, 0.15) is 32.1 Å². The summed E-state index contributed by atoms with van der Waals surface area (Å²) in [6.45, 7) is 1.81. The maximum absolute atomic E-state index is 10.9. The van der Waals surface area contributed by atoms with Gasteiger partial charge in [0.1, 0.15) is 0 Å². The second kappa shape index (κ2) is 6.80. The molecule has 0 spiro atoms. The number of rotatable bonds is 6. The molecule has 1 rings (SSSR count). The molecule has 0 bridgehead atoms. The predicted octanol–water partition coefficient (Wildman–Crippen LogP) is 0.657. The van der Waals surface area contributed by atoms with Crippen LogP contribution in [0.25, 0.3) is 0 Å². The molecule has 0 atom stereocenters. The minimum atomic E-state index is -0.132. The summed E-state index contributed by atoms with van der Waals surface area (Å²) in [4.78, 5) is 10.9. The first-order valence-corrected chi connectivity index (χ1v) is 5.75. The van der Waals surface area contributed by atoms with Gasteiger partial charge >= 0.3 is 0 Å². The van der Waals surface area contributed by atoms with Gasteiger partial charge < -0.3 is 15.8 Å². The topological polar surface area (TPSA) is 64.3 Å². The Kier molecular flexibility index (Phi) is 5.65. The summed E-state index contributed by atoms with van der Waals surface area (Å²) in [7, 11) is 1.72. The van der Waals surface area contributed by atoms with E-state index in [-0.39, 0.29) is 11.8 Å². The van der Waals surface area contributed by atoms with Gasteiger partial charge in [0.2, 0.25) is 5.91 Å². The molecule has 88 valence electrons. The summed E-state index contributed by atoms with van der Waals surface area (Å²) in [5.74, 6) is -0.0186. The predicted molar refractivity (Wildman–Crippen MR) is 59.4 cm³/mol. The highest BCUT2D eigenvalue weighted by Gasteiger charge is 2.23. The Balaban J connectivity index is 2.07. The first kappa shape index (κ1) is 12.5. The summed E-state index contributed by atoms with van der Waals surface area (Å²) < 4.78 is 4.98. The van der Waals surface area contributed by atoms with Gasteiger partial charge in [-0.25, -0.2) is 0 Å². The van der Waals surface area contributed by atoms with Gasteiger partial charge in [-0.3, -0.25) is 4.79 Å². The number of methoxy groups -OCH3 is 1. The van der Waals surface area contributed by atoms with E-state index in [2.05, 4.69) is 5.32 Å². The Morgan fingerprint density at radius 2 is 2.07 bits per heavy atom. The van der Waals surface area contributed by atoms with Crippen LogP contribution < -0.4 is 11.1 Å². The van der Waals surface area contributed by atoms with Crippen molar-refractivity contribution in [2.75, 3.05) is 20.3 Å². The van der Waals surface area contributed by atoms with Gasteiger partial charge in [-0.2, -0.15) is 0 Å². The molecule has 1 amide bonds. The lowest BCUT2D eigenvalue weighted by molar-refractivity contribution is -0.122. The van der Waals surface area contributed by atoms with Crippen LogP contribution in [0.5, 0.6) is 0 Å². The lowest BCUT2D eigenvalue weighted by Gasteiger charge is -2.27. The number of carbonyl (C=O) groups excluding carboxylic acids is 1. The van der Waals surface area contributed by atoms with E-state index in [0.717, 1.165) is 45.3 Å². The minimum absolute atomic E-state index is 0.113. The molecule has 1 aliphatic rings.